The average molecular weight is 399 g/mol. The van der Waals surface area contributed by atoms with Crippen LogP contribution in [-0.4, -0.2) is 39.4 Å². The Labute approximate surface area is 167 Å². The Bertz CT molecular complexity index is 873. The van der Waals surface area contributed by atoms with Gasteiger partial charge in [-0.2, -0.15) is 0 Å². The molecule has 0 aromatic heterocycles. The molecular weight excluding hydrogens is 378 g/mol. The fourth-order valence-corrected chi connectivity index (χ4v) is 2.12. The number of carbonyl (C=O) groups excluding carboxylic acids is 3. The van der Waals surface area contributed by atoms with Gasteiger partial charge in [-0.15, -0.1) is 0 Å². The van der Waals surface area contributed by atoms with Crippen LogP contribution in [-0.2, 0) is 0 Å². The van der Waals surface area contributed by atoms with E-state index in [4.69, 9.17) is 14.2 Å². The molecule has 0 fully saturated rings. The van der Waals surface area contributed by atoms with Gasteiger partial charge in [0.15, 0.2) is 0 Å². The van der Waals surface area contributed by atoms with Crippen LogP contribution in [0.25, 0.3) is 12.2 Å². The minimum absolute atomic E-state index is 0.208. The smallest absolute Gasteiger partial charge is 0.410 e. The summed E-state index contributed by atoms with van der Waals surface area (Å²) in [6.07, 6.45) is 1.70. The van der Waals surface area contributed by atoms with Gasteiger partial charge in [0.25, 0.3) is 0 Å². The van der Waals surface area contributed by atoms with E-state index in [9.17, 15) is 14.4 Å². The van der Waals surface area contributed by atoms with Crippen molar-refractivity contribution in [3.63, 3.8) is 0 Å². The molecule has 29 heavy (non-hydrogen) atoms. The van der Waals surface area contributed by atoms with Gasteiger partial charge in [0.05, 0.1) is 0 Å². The lowest BCUT2D eigenvalue weighted by atomic mass is 10.1. The summed E-state index contributed by atoms with van der Waals surface area (Å²) in [5, 5.41) is 7.06. The van der Waals surface area contributed by atoms with Gasteiger partial charge in [0, 0.05) is 27.2 Å². The summed E-state index contributed by atoms with van der Waals surface area (Å²) in [7, 11) is 4.35. The first-order valence-corrected chi connectivity index (χ1v) is 8.55. The van der Waals surface area contributed by atoms with E-state index in [1.807, 2.05) is 0 Å². The number of ether oxygens (including phenoxy) is 3. The quantitative estimate of drug-likeness (QED) is 0.666. The first-order valence-electron chi connectivity index (χ1n) is 8.55. The van der Waals surface area contributed by atoms with Crippen molar-refractivity contribution in [3.05, 3.63) is 53.6 Å². The van der Waals surface area contributed by atoms with Crippen molar-refractivity contribution in [2.75, 3.05) is 21.1 Å². The fourth-order valence-electron chi connectivity index (χ4n) is 2.12. The molecule has 0 aliphatic heterocycles. The molecule has 0 spiro atoms. The summed E-state index contributed by atoms with van der Waals surface area (Å²) in [6.45, 7) is 0. The van der Waals surface area contributed by atoms with E-state index in [1.54, 1.807) is 48.6 Å². The Kier molecular flexibility index (Phi) is 7.60. The van der Waals surface area contributed by atoms with Crippen LogP contribution in [0, 0.1) is 0 Å². The molecule has 3 N–H and O–H groups in total. The Morgan fingerprint density at radius 2 is 1.03 bits per heavy atom. The number of hydrogen-bond donors (Lipinski definition) is 3. The molecule has 3 amide bonds. The van der Waals surface area contributed by atoms with Crippen molar-refractivity contribution >= 4 is 30.4 Å². The normalized spacial score (nSPS) is 10.2. The van der Waals surface area contributed by atoms with E-state index in [0.717, 1.165) is 5.56 Å². The zero-order valence-electron chi connectivity index (χ0n) is 16.1. The molecule has 0 radical (unpaired) electrons. The molecular formula is C20H21N3O6. The molecule has 0 atom stereocenters. The zero-order valence-corrected chi connectivity index (χ0v) is 16.1. The second-order valence-electron chi connectivity index (χ2n) is 5.56. The largest absolute Gasteiger partial charge is 0.412 e. The van der Waals surface area contributed by atoms with Crippen LogP contribution in [0.15, 0.2) is 42.5 Å². The van der Waals surface area contributed by atoms with E-state index in [1.165, 1.54) is 27.2 Å². The molecule has 0 bridgehead atoms. The third-order valence-electron chi connectivity index (χ3n) is 3.49. The number of carbonyl (C=O) groups is 3. The van der Waals surface area contributed by atoms with Gasteiger partial charge in [-0.25, -0.2) is 14.4 Å². The van der Waals surface area contributed by atoms with Crippen LogP contribution in [0.1, 0.15) is 11.1 Å². The van der Waals surface area contributed by atoms with Gasteiger partial charge < -0.3 is 30.2 Å². The topological polar surface area (TPSA) is 115 Å². The molecule has 152 valence electrons. The van der Waals surface area contributed by atoms with Crippen molar-refractivity contribution in [2.24, 2.45) is 0 Å². The Balaban J connectivity index is 2.21. The number of nitrogens with one attached hydrogen (secondary N) is 3. The molecule has 0 aliphatic carbocycles. The minimum Gasteiger partial charge on any atom is -0.410 e. The highest BCUT2D eigenvalue weighted by molar-refractivity contribution is 5.75. The monoisotopic (exact) mass is 399 g/mol. The standard InChI is InChI=1S/C20H21N3O6/c1-21-18(24)27-15-8-6-13(7-9-15)4-5-14-10-16(28-19(25)22-2)12-17(11-14)29-20(26)23-3/h4-12H,1-3H3,(H,21,24)(H,22,25)(H,23,26)/b5-4+. The van der Waals surface area contributed by atoms with Crippen molar-refractivity contribution in [2.45, 2.75) is 0 Å². The molecule has 2 rings (SSSR count). The van der Waals surface area contributed by atoms with Gasteiger partial charge in [0.2, 0.25) is 0 Å². The molecule has 0 saturated carbocycles. The van der Waals surface area contributed by atoms with E-state index < -0.39 is 18.3 Å². The summed E-state index contributed by atoms with van der Waals surface area (Å²) in [5.41, 5.74) is 1.47. The molecule has 0 aliphatic rings. The first kappa shape index (κ1) is 21.3. The van der Waals surface area contributed by atoms with Crippen LogP contribution < -0.4 is 30.2 Å². The van der Waals surface area contributed by atoms with Crippen molar-refractivity contribution in [3.8, 4) is 17.2 Å². The van der Waals surface area contributed by atoms with Crippen LogP contribution in [0.3, 0.4) is 0 Å². The summed E-state index contributed by atoms with van der Waals surface area (Å²) in [5.74, 6) is 0.822. The van der Waals surface area contributed by atoms with Crippen molar-refractivity contribution in [1.29, 1.82) is 0 Å². The van der Waals surface area contributed by atoms with Gasteiger partial charge >= 0.3 is 18.3 Å². The lowest BCUT2D eigenvalue weighted by molar-refractivity contribution is 0.200. The van der Waals surface area contributed by atoms with Crippen LogP contribution in [0.2, 0.25) is 0 Å². The third-order valence-corrected chi connectivity index (χ3v) is 3.49. The van der Waals surface area contributed by atoms with Crippen molar-refractivity contribution < 1.29 is 28.6 Å². The Morgan fingerprint density at radius 1 is 0.621 bits per heavy atom. The van der Waals surface area contributed by atoms with E-state index in [-0.39, 0.29) is 11.5 Å². The maximum Gasteiger partial charge on any atom is 0.412 e. The van der Waals surface area contributed by atoms with Crippen molar-refractivity contribution in [1.82, 2.24) is 16.0 Å². The lowest BCUT2D eigenvalue weighted by Gasteiger charge is -2.09. The molecule has 9 nitrogen and oxygen atoms in total. The number of hydrogen-bond acceptors (Lipinski definition) is 6. The first-order chi connectivity index (χ1) is 13.9. The van der Waals surface area contributed by atoms with Gasteiger partial charge in [0.1, 0.15) is 17.2 Å². The maximum absolute atomic E-state index is 11.5. The molecule has 2 aromatic rings. The highest BCUT2D eigenvalue weighted by atomic mass is 16.6. The van der Waals surface area contributed by atoms with Crippen LogP contribution >= 0.6 is 0 Å². The molecule has 0 saturated heterocycles. The zero-order chi connectivity index (χ0) is 21.2. The third kappa shape index (κ3) is 6.90. The van der Waals surface area contributed by atoms with E-state index in [0.29, 0.717) is 11.3 Å². The molecule has 0 heterocycles. The molecule has 0 unspecified atom stereocenters. The molecule has 9 heteroatoms. The summed E-state index contributed by atoms with van der Waals surface area (Å²) in [4.78, 5) is 34.2. The summed E-state index contributed by atoms with van der Waals surface area (Å²) < 4.78 is 15.3. The second kappa shape index (κ2) is 10.4. The predicted octanol–water partition coefficient (Wildman–Crippen LogP) is 3.01. The minimum atomic E-state index is -0.649. The Morgan fingerprint density at radius 3 is 1.48 bits per heavy atom. The van der Waals surface area contributed by atoms with Gasteiger partial charge in [-0.1, -0.05) is 24.3 Å². The summed E-state index contributed by atoms with van der Waals surface area (Å²) >= 11 is 0. The maximum atomic E-state index is 11.5. The van der Waals surface area contributed by atoms with E-state index in [2.05, 4.69) is 16.0 Å². The van der Waals surface area contributed by atoms with E-state index >= 15 is 0 Å². The number of rotatable bonds is 5. The van der Waals surface area contributed by atoms with Gasteiger partial charge in [-0.3, -0.25) is 0 Å². The SMILES string of the molecule is CNC(=O)Oc1ccc(/C=C/c2cc(OC(=O)NC)cc(OC(=O)NC)c2)cc1. The highest BCUT2D eigenvalue weighted by Crippen LogP contribution is 2.25. The summed E-state index contributed by atoms with van der Waals surface area (Å²) in [6, 6.07) is 11.5. The Hall–Kier alpha value is -4.01. The lowest BCUT2D eigenvalue weighted by Crippen LogP contribution is -2.23. The highest BCUT2D eigenvalue weighted by Gasteiger charge is 2.08. The van der Waals surface area contributed by atoms with Crippen LogP contribution in [0.5, 0.6) is 17.2 Å². The average Bonchev–Trinajstić information content (AvgIpc) is 2.72. The number of benzene rings is 2. The van der Waals surface area contributed by atoms with Gasteiger partial charge in [-0.05, 0) is 35.4 Å². The molecule has 2 aromatic carbocycles. The van der Waals surface area contributed by atoms with Crippen LogP contribution in [0.4, 0.5) is 14.4 Å². The predicted molar refractivity (Wildman–Crippen MR) is 107 cm³/mol. The number of amides is 3. The second-order valence-corrected chi connectivity index (χ2v) is 5.56. The fraction of sp³-hybridized carbons (Fsp3) is 0.150.